The Labute approximate surface area is 244 Å². The second kappa shape index (κ2) is 13.4. The van der Waals surface area contributed by atoms with Crippen molar-refractivity contribution in [2.24, 2.45) is 5.92 Å². The molecule has 42 heavy (non-hydrogen) atoms. The van der Waals surface area contributed by atoms with E-state index in [-0.39, 0.29) is 30.3 Å². The van der Waals surface area contributed by atoms with Crippen LogP contribution in [0.1, 0.15) is 63.4 Å². The van der Waals surface area contributed by atoms with E-state index in [4.69, 9.17) is 9.47 Å². The number of rotatable bonds is 11. The van der Waals surface area contributed by atoms with Crippen LogP contribution in [0.4, 0.5) is 4.79 Å². The molecule has 2 aromatic rings. The Morgan fingerprint density at radius 1 is 0.833 bits per heavy atom. The number of likely N-dealkylation sites (N-methyl/N-ethyl adjacent to an activating group) is 1. The van der Waals surface area contributed by atoms with Crippen molar-refractivity contribution in [2.75, 3.05) is 40.9 Å². The second-order valence-corrected chi connectivity index (χ2v) is 10.6. The van der Waals surface area contributed by atoms with Crippen LogP contribution in [0.25, 0.3) is 0 Å². The number of aryl methyl sites for hydroxylation is 1. The zero-order valence-corrected chi connectivity index (χ0v) is 24.0. The molecule has 2 atom stereocenters. The van der Waals surface area contributed by atoms with Gasteiger partial charge in [0.1, 0.15) is 30.6 Å². The zero-order chi connectivity index (χ0) is 30.4. The molecule has 222 valence electrons. The summed E-state index contributed by atoms with van der Waals surface area (Å²) in [5, 5.41) is 0. The lowest BCUT2D eigenvalue weighted by Gasteiger charge is -2.14. The molecule has 2 saturated heterocycles. The van der Waals surface area contributed by atoms with E-state index >= 15 is 0 Å². The van der Waals surface area contributed by atoms with Crippen molar-refractivity contribution >= 4 is 36.3 Å². The van der Waals surface area contributed by atoms with E-state index in [9.17, 15) is 28.8 Å². The van der Waals surface area contributed by atoms with Gasteiger partial charge < -0.3 is 14.4 Å². The fraction of sp³-hybridized carbons (Fsp3) is 0.419. The number of nitrogens with zero attached hydrogens (tertiary/aromatic N) is 3. The largest absolute Gasteiger partial charge is 0.496 e. The molecule has 3 fully saturated rings. The third-order valence-corrected chi connectivity index (χ3v) is 7.79. The van der Waals surface area contributed by atoms with E-state index in [1.165, 1.54) is 14.7 Å². The average Bonchev–Trinajstić information content (AvgIpc) is 3.64. The summed E-state index contributed by atoms with van der Waals surface area (Å²) >= 11 is 0. The summed E-state index contributed by atoms with van der Waals surface area (Å²) < 4.78 is 10.6. The van der Waals surface area contributed by atoms with Gasteiger partial charge in [0.25, 0.3) is 0 Å². The molecule has 3 aliphatic rings. The minimum atomic E-state index is -0.247. The first kappa shape index (κ1) is 30.4. The highest BCUT2D eigenvalue weighted by molar-refractivity contribution is 6.02. The van der Waals surface area contributed by atoms with Gasteiger partial charge in [-0.15, -0.1) is 0 Å². The van der Waals surface area contributed by atoms with Crippen LogP contribution in [-0.2, 0) is 20.8 Å². The summed E-state index contributed by atoms with van der Waals surface area (Å²) in [5.74, 6) is 1.66. The number of imide groups is 2. The number of hydrogen-bond acceptors (Lipinski definition) is 8. The maximum Gasteiger partial charge on any atom is 0.326 e. The van der Waals surface area contributed by atoms with Crippen LogP contribution in [0.3, 0.4) is 0 Å². The van der Waals surface area contributed by atoms with Crippen molar-refractivity contribution in [1.29, 1.82) is 0 Å². The Kier molecular flexibility index (Phi) is 9.72. The van der Waals surface area contributed by atoms with E-state index in [2.05, 4.69) is 0 Å². The molecule has 0 radical (unpaired) electrons. The van der Waals surface area contributed by atoms with Crippen molar-refractivity contribution in [3.8, 4) is 11.5 Å². The third kappa shape index (κ3) is 6.84. The molecular formula is C31H35N3O8. The number of carbonyl (C=O) groups excluding carboxylic acids is 6. The number of likely N-dealkylation sites (tertiary alicyclic amines) is 1. The maximum atomic E-state index is 11.7. The summed E-state index contributed by atoms with van der Waals surface area (Å²) in [5.41, 5.74) is 3.14. The van der Waals surface area contributed by atoms with Crippen molar-refractivity contribution < 1.29 is 38.2 Å². The molecule has 11 heteroatoms. The lowest BCUT2D eigenvalue weighted by atomic mass is 10.1. The van der Waals surface area contributed by atoms with Crippen LogP contribution in [0.2, 0.25) is 0 Å². The molecular weight excluding hydrogens is 542 g/mol. The Balaban J connectivity index is 0.000000193. The average molecular weight is 578 g/mol. The van der Waals surface area contributed by atoms with Gasteiger partial charge in [-0.25, -0.2) is 4.79 Å². The minimum Gasteiger partial charge on any atom is -0.496 e. The van der Waals surface area contributed by atoms with Crippen LogP contribution >= 0.6 is 0 Å². The highest BCUT2D eigenvalue weighted by atomic mass is 16.5. The topological polar surface area (TPSA) is 131 Å². The smallest absolute Gasteiger partial charge is 0.326 e. The van der Waals surface area contributed by atoms with Gasteiger partial charge in [0, 0.05) is 44.1 Å². The second-order valence-electron chi connectivity index (χ2n) is 10.6. The van der Waals surface area contributed by atoms with Gasteiger partial charge in [0.15, 0.2) is 0 Å². The fourth-order valence-electron chi connectivity index (χ4n) is 5.36. The summed E-state index contributed by atoms with van der Waals surface area (Å²) in [4.78, 5) is 72.3. The normalized spacial score (nSPS) is 19.5. The predicted octanol–water partition coefficient (Wildman–Crippen LogP) is 3.09. The zero-order valence-electron chi connectivity index (χ0n) is 24.0. The number of benzene rings is 2. The molecule has 2 aliphatic heterocycles. The molecule has 11 nitrogen and oxygen atoms in total. The highest BCUT2D eigenvalue weighted by Gasteiger charge is 2.44. The number of urea groups is 1. The van der Waals surface area contributed by atoms with Crippen LogP contribution in [0.5, 0.6) is 11.5 Å². The molecule has 2 unspecified atom stereocenters. The first-order chi connectivity index (χ1) is 20.2. The van der Waals surface area contributed by atoms with Crippen molar-refractivity contribution in [3.63, 3.8) is 0 Å². The Hall–Kier alpha value is -4.54. The Morgan fingerprint density at radius 3 is 2.02 bits per heavy atom. The summed E-state index contributed by atoms with van der Waals surface area (Å²) in [6.45, 7) is 1.04. The van der Waals surface area contributed by atoms with Crippen LogP contribution < -0.4 is 9.47 Å². The lowest BCUT2D eigenvalue weighted by Crippen LogP contribution is -2.32. The first-order valence-electron chi connectivity index (χ1n) is 13.8. The molecule has 5 rings (SSSR count). The van der Waals surface area contributed by atoms with Gasteiger partial charge in [-0.05, 0) is 54.4 Å². The van der Waals surface area contributed by atoms with Gasteiger partial charge >= 0.3 is 6.03 Å². The van der Waals surface area contributed by atoms with E-state index in [0.29, 0.717) is 73.2 Å². The number of aldehydes is 2. The third-order valence-electron chi connectivity index (χ3n) is 7.79. The standard InChI is InChI=1S/C16H17NO4.C15H18N2O4/c1-21-14-6-10(9-18)2-3-12(14)13-7-11(13)8-17-15(19)4-5-16(17)20;1-16-9-14(19)17(15(16)20)7-3-4-12-6-5-11(10-18)8-13(12)21-2/h2-3,6,9,11,13H,4-5,7-8H2,1H3;5-6,8,10H,3-4,7,9H2,1-2H3. The SMILES string of the molecule is COc1cc(C=O)ccc1C1CC1CN1C(=O)CCC1=O.COc1cc(C=O)ccc1CCCN1C(=O)CN(C)C1=O. The maximum absolute atomic E-state index is 11.7. The van der Waals surface area contributed by atoms with Gasteiger partial charge in [-0.3, -0.25) is 33.8 Å². The molecule has 0 N–H and O–H groups in total. The number of hydrogen-bond donors (Lipinski definition) is 0. The van der Waals surface area contributed by atoms with E-state index < -0.39 is 0 Å². The Bertz CT molecular complexity index is 1370. The lowest BCUT2D eigenvalue weighted by molar-refractivity contribution is -0.138. The summed E-state index contributed by atoms with van der Waals surface area (Å²) in [7, 11) is 4.75. The van der Waals surface area contributed by atoms with Crippen molar-refractivity contribution in [2.45, 2.75) is 38.0 Å². The molecule has 1 saturated carbocycles. The van der Waals surface area contributed by atoms with E-state index in [1.54, 1.807) is 45.5 Å². The first-order valence-corrected chi connectivity index (χ1v) is 13.8. The summed E-state index contributed by atoms with van der Waals surface area (Å²) in [6.07, 6.45) is 4.50. The van der Waals surface area contributed by atoms with Gasteiger partial charge in [0.2, 0.25) is 17.7 Å². The molecule has 0 bridgehead atoms. The van der Waals surface area contributed by atoms with E-state index in [1.807, 2.05) is 12.1 Å². The number of amides is 5. The number of carbonyl (C=O) groups is 6. The fourth-order valence-corrected chi connectivity index (χ4v) is 5.36. The highest BCUT2D eigenvalue weighted by Crippen LogP contribution is 2.51. The molecule has 0 spiro atoms. The molecule has 5 amide bonds. The number of ether oxygens (including phenoxy) is 2. The monoisotopic (exact) mass is 577 g/mol. The molecule has 1 aliphatic carbocycles. The molecule has 0 aromatic heterocycles. The Morgan fingerprint density at radius 2 is 1.45 bits per heavy atom. The predicted molar refractivity (Wildman–Crippen MR) is 152 cm³/mol. The van der Waals surface area contributed by atoms with Crippen molar-refractivity contribution in [3.05, 3.63) is 58.7 Å². The quantitative estimate of drug-likeness (QED) is 0.226. The molecule has 2 aromatic carbocycles. The van der Waals surface area contributed by atoms with Crippen LogP contribution in [0.15, 0.2) is 36.4 Å². The van der Waals surface area contributed by atoms with Gasteiger partial charge in [-0.2, -0.15) is 0 Å². The van der Waals surface area contributed by atoms with Gasteiger partial charge in [0.05, 0.1) is 14.2 Å². The van der Waals surface area contributed by atoms with E-state index in [0.717, 1.165) is 30.1 Å². The molecule has 2 heterocycles. The number of methoxy groups -OCH3 is 2. The van der Waals surface area contributed by atoms with Crippen molar-refractivity contribution in [1.82, 2.24) is 14.7 Å². The van der Waals surface area contributed by atoms with Crippen LogP contribution in [0, 0.1) is 5.92 Å². The van der Waals surface area contributed by atoms with Gasteiger partial charge in [-0.1, -0.05) is 24.3 Å². The minimum absolute atomic E-state index is 0.0612. The summed E-state index contributed by atoms with van der Waals surface area (Å²) in [6, 6.07) is 10.4. The van der Waals surface area contributed by atoms with Crippen LogP contribution in [-0.4, -0.2) is 91.9 Å².